The third-order valence-corrected chi connectivity index (χ3v) is 3.90. The molecule has 1 aromatic rings. The maximum atomic E-state index is 10.7. The molecule has 4 nitrogen and oxygen atoms in total. The number of anilines is 1. The zero-order valence-electron chi connectivity index (χ0n) is 11.1. The van der Waals surface area contributed by atoms with Crippen LogP contribution >= 0.6 is 0 Å². The topological polar surface area (TPSA) is 62.4 Å². The van der Waals surface area contributed by atoms with Crippen molar-refractivity contribution in [3.63, 3.8) is 0 Å². The number of pyridine rings is 1. The number of likely N-dealkylation sites (tertiary alicyclic amines) is 1. The largest absolute Gasteiger partial charge is 0.389 e. The van der Waals surface area contributed by atoms with Crippen LogP contribution in [0.1, 0.15) is 31.7 Å². The molecule has 0 amide bonds. The van der Waals surface area contributed by atoms with Crippen molar-refractivity contribution < 1.29 is 5.11 Å². The van der Waals surface area contributed by atoms with Crippen LogP contribution < -0.4 is 5.73 Å². The molecular weight excluding hydrogens is 226 g/mol. The standard InChI is InChI=1S/C14H23N3O/c1-2-17-9-4-6-14(18,7-10-17)11-12-5-3-8-16-13(12)15/h3,5,8,18H,2,4,6-7,9-11H2,1H3,(H2,15,16). The van der Waals surface area contributed by atoms with Crippen LogP contribution in [0.25, 0.3) is 0 Å². The lowest BCUT2D eigenvalue weighted by atomic mass is 9.88. The summed E-state index contributed by atoms with van der Waals surface area (Å²) in [4.78, 5) is 6.48. The summed E-state index contributed by atoms with van der Waals surface area (Å²) in [6.45, 7) is 5.28. The lowest BCUT2D eigenvalue weighted by Crippen LogP contribution is -2.33. The highest BCUT2D eigenvalue weighted by atomic mass is 16.3. The van der Waals surface area contributed by atoms with Crippen molar-refractivity contribution in [1.82, 2.24) is 9.88 Å². The Morgan fingerprint density at radius 1 is 1.44 bits per heavy atom. The summed E-state index contributed by atoms with van der Waals surface area (Å²) in [7, 11) is 0. The Kier molecular flexibility index (Phi) is 4.19. The van der Waals surface area contributed by atoms with Gasteiger partial charge in [0.1, 0.15) is 5.82 Å². The highest BCUT2D eigenvalue weighted by Gasteiger charge is 2.30. The van der Waals surface area contributed by atoms with E-state index in [0.717, 1.165) is 44.5 Å². The number of aliphatic hydroxyl groups is 1. The number of nitrogens with zero attached hydrogens (tertiary/aromatic N) is 2. The van der Waals surface area contributed by atoms with E-state index >= 15 is 0 Å². The normalized spacial score (nSPS) is 25.9. The van der Waals surface area contributed by atoms with Crippen molar-refractivity contribution in [2.45, 2.75) is 38.2 Å². The van der Waals surface area contributed by atoms with E-state index in [0.29, 0.717) is 12.2 Å². The van der Waals surface area contributed by atoms with Gasteiger partial charge < -0.3 is 15.7 Å². The van der Waals surface area contributed by atoms with Gasteiger partial charge in [0.05, 0.1) is 5.60 Å². The number of hydrogen-bond acceptors (Lipinski definition) is 4. The van der Waals surface area contributed by atoms with E-state index in [-0.39, 0.29) is 0 Å². The van der Waals surface area contributed by atoms with Crippen molar-refractivity contribution in [2.24, 2.45) is 0 Å². The number of aromatic nitrogens is 1. The van der Waals surface area contributed by atoms with Gasteiger partial charge in [-0.2, -0.15) is 0 Å². The third-order valence-electron chi connectivity index (χ3n) is 3.90. The van der Waals surface area contributed by atoms with Gasteiger partial charge in [-0.3, -0.25) is 0 Å². The van der Waals surface area contributed by atoms with Gasteiger partial charge in [-0.05, 0) is 44.0 Å². The van der Waals surface area contributed by atoms with Crippen LogP contribution in [0.5, 0.6) is 0 Å². The van der Waals surface area contributed by atoms with Crippen LogP contribution in [0.4, 0.5) is 5.82 Å². The molecule has 0 bridgehead atoms. The third kappa shape index (κ3) is 3.21. The predicted molar refractivity (Wildman–Crippen MR) is 73.3 cm³/mol. The lowest BCUT2D eigenvalue weighted by Gasteiger charge is -2.27. The monoisotopic (exact) mass is 249 g/mol. The van der Waals surface area contributed by atoms with Gasteiger partial charge in [0.25, 0.3) is 0 Å². The van der Waals surface area contributed by atoms with E-state index < -0.39 is 5.60 Å². The first kappa shape index (κ1) is 13.3. The van der Waals surface area contributed by atoms with Crippen LogP contribution in [0.2, 0.25) is 0 Å². The van der Waals surface area contributed by atoms with Crippen LogP contribution in [-0.4, -0.2) is 40.2 Å². The molecule has 100 valence electrons. The van der Waals surface area contributed by atoms with Crippen molar-refractivity contribution in [1.29, 1.82) is 0 Å². The Balaban J connectivity index is 2.05. The maximum Gasteiger partial charge on any atom is 0.126 e. The molecular formula is C14H23N3O. The minimum Gasteiger partial charge on any atom is -0.389 e. The van der Waals surface area contributed by atoms with E-state index in [4.69, 9.17) is 5.73 Å². The number of rotatable bonds is 3. The first-order valence-electron chi connectivity index (χ1n) is 6.77. The molecule has 1 atom stereocenters. The molecule has 18 heavy (non-hydrogen) atoms. The molecule has 1 fully saturated rings. The van der Waals surface area contributed by atoms with Gasteiger partial charge in [0.2, 0.25) is 0 Å². The molecule has 1 saturated heterocycles. The van der Waals surface area contributed by atoms with Crippen LogP contribution in [0.15, 0.2) is 18.3 Å². The van der Waals surface area contributed by atoms with Crippen molar-refractivity contribution in [3.8, 4) is 0 Å². The average Bonchev–Trinajstić information content (AvgIpc) is 2.54. The summed E-state index contributed by atoms with van der Waals surface area (Å²) in [6, 6.07) is 3.84. The molecule has 0 radical (unpaired) electrons. The quantitative estimate of drug-likeness (QED) is 0.851. The van der Waals surface area contributed by atoms with Gasteiger partial charge in [-0.15, -0.1) is 0 Å². The number of nitrogens with two attached hydrogens (primary N) is 1. The summed E-state index contributed by atoms with van der Waals surface area (Å²) in [5.41, 5.74) is 6.20. The number of hydrogen-bond donors (Lipinski definition) is 2. The molecule has 0 spiro atoms. The summed E-state index contributed by atoms with van der Waals surface area (Å²) < 4.78 is 0. The summed E-state index contributed by atoms with van der Waals surface area (Å²) in [5, 5.41) is 10.7. The van der Waals surface area contributed by atoms with E-state index in [2.05, 4.69) is 16.8 Å². The predicted octanol–water partition coefficient (Wildman–Crippen LogP) is 1.44. The van der Waals surface area contributed by atoms with E-state index in [1.165, 1.54) is 0 Å². The van der Waals surface area contributed by atoms with Crippen LogP contribution in [-0.2, 0) is 6.42 Å². The van der Waals surface area contributed by atoms with Crippen molar-refractivity contribution >= 4 is 5.82 Å². The summed E-state index contributed by atoms with van der Waals surface area (Å²) >= 11 is 0. The molecule has 2 rings (SSSR count). The minimum absolute atomic E-state index is 0.544. The molecule has 0 saturated carbocycles. The van der Waals surface area contributed by atoms with Crippen molar-refractivity contribution in [2.75, 3.05) is 25.4 Å². The molecule has 1 aliphatic heterocycles. The fourth-order valence-electron chi connectivity index (χ4n) is 2.68. The molecule has 1 aromatic heterocycles. The Labute approximate surface area is 109 Å². The highest BCUT2D eigenvalue weighted by molar-refractivity contribution is 5.39. The molecule has 4 heteroatoms. The average molecular weight is 249 g/mol. The van der Waals surface area contributed by atoms with Crippen molar-refractivity contribution in [3.05, 3.63) is 23.9 Å². The van der Waals surface area contributed by atoms with Gasteiger partial charge in [-0.1, -0.05) is 13.0 Å². The number of nitrogen functional groups attached to an aromatic ring is 1. The molecule has 0 aliphatic carbocycles. The maximum absolute atomic E-state index is 10.7. The van der Waals surface area contributed by atoms with Gasteiger partial charge >= 0.3 is 0 Å². The Morgan fingerprint density at radius 3 is 3.00 bits per heavy atom. The molecule has 3 N–H and O–H groups in total. The van der Waals surface area contributed by atoms with Crippen LogP contribution in [0, 0.1) is 0 Å². The highest BCUT2D eigenvalue weighted by Crippen LogP contribution is 2.27. The second-order valence-corrected chi connectivity index (χ2v) is 5.24. The summed E-state index contributed by atoms with van der Waals surface area (Å²) in [5.74, 6) is 0.544. The zero-order chi connectivity index (χ0) is 13.0. The zero-order valence-corrected chi connectivity index (χ0v) is 11.1. The molecule has 1 aliphatic rings. The first-order valence-corrected chi connectivity index (χ1v) is 6.77. The SMILES string of the molecule is CCN1CCCC(O)(Cc2cccnc2N)CC1. The minimum atomic E-state index is -0.624. The molecule has 2 heterocycles. The van der Waals surface area contributed by atoms with Crippen LogP contribution in [0.3, 0.4) is 0 Å². The fraction of sp³-hybridized carbons (Fsp3) is 0.643. The molecule has 1 unspecified atom stereocenters. The lowest BCUT2D eigenvalue weighted by molar-refractivity contribution is 0.0259. The van der Waals surface area contributed by atoms with Gasteiger partial charge in [0, 0.05) is 19.2 Å². The molecule has 0 aromatic carbocycles. The Bertz CT molecular complexity index is 396. The second-order valence-electron chi connectivity index (χ2n) is 5.24. The fourth-order valence-corrected chi connectivity index (χ4v) is 2.68. The Hall–Kier alpha value is -1.13. The van der Waals surface area contributed by atoms with E-state index in [1.807, 2.05) is 12.1 Å². The van der Waals surface area contributed by atoms with Gasteiger partial charge in [0.15, 0.2) is 0 Å². The Morgan fingerprint density at radius 2 is 2.28 bits per heavy atom. The van der Waals surface area contributed by atoms with E-state index in [9.17, 15) is 5.11 Å². The smallest absolute Gasteiger partial charge is 0.126 e. The van der Waals surface area contributed by atoms with Gasteiger partial charge in [-0.25, -0.2) is 4.98 Å². The first-order chi connectivity index (χ1) is 8.63. The second kappa shape index (κ2) is 5.67. The van der Waals surface area contributed by atoms with E-state index in [1.54, 1.807) is 6.20 Å². The summed E-state index contributed by atoms with van der Waals surface area (Å²) in [6.07, 6.45) is 5.01.